The molecule has 0 aliphatic carbocycles. The van der Waals surface area contributed by atoms with E-state index in [4.69, 9.17) is 6.42 Å². The Hall–Kier alpha value is -0.970. The molecule has 0 rings (SSSR count). The minimum absolute atomic E-state index is 0.114. The van der Waals surface area contributed by atoms with Crippen LogP contribution in [0.4, 0.5) is 0 Å². The maximum absolute atomic E-state index is 11.6. The van der Waals surface area contributed by atoms with Crippen LogP contribution in [0, 0.1) is 17.8 Å². The predicted molar refractivity (Wildman–Crippen MR) is 50.5 cm³/mol. The zero-order chi connectivity index (χ0) is 9.78. The third-order valence-corrected chi connectivity index (χ3v) is 2.14. The van der Waals surface area contributed by atoms with Crippen LogP contribution in [-0.2, 0) is 4.79 Å². The Labute approximate surface area is 74.9 Å². The van der Waals surface area contributed by atoms with Crippen LogP contribution in [0.5, 0.6) is 0 Å². The molecule has 68 valence electrons. The van der Waals surface area contributed by atoms with Gasteiger partial charge in [-0.3, -0.25) is 4.79 Å². The van der Waals surface area contributed by atoms with Crippen molar-refractivity contribution in [2.75, 3.05) is 13.6 Å². The van der Waals surface area contributed by atoms with E-state index >= 15 is 0 Å². The summed E-state index contributed by atoms with van der Waals surface area (Å²) in [6.45, 7) is 6.26. The van der Waals surface area contributed by atoms with E-state index in [1.807, 2.05) is 20.8 Å². The summed E-state index contributed by atoms with van der Waals surface area (Å²) in [7, 11) is 1.74. The molecule has 0 radical (unpaired) electrons. The van der Waals surface area contributed by atoms with Crippen LogP contribution in [0.2, 0.25) is 0 Å². The molecule has 0 aliphatic rings. The lowest BCUT2D eigenvalue weighted by atomic mass is 9.89. The lowest BCUT2D eigenvalue weighted by molar-refractivity contribution is -0.138. The first-order chi connectivity index (χ1) is 5.45. The van der Waals surface area contributed by atoms with Gasteiger partial charge in [0.15, 0.2) is 0 Å². The number of carbonyl (C=O) groups is 1. The highest BCUT2D eigenvalue weighted by Crippen LogP contribution is 2.21. The molecule has 0 fully saturated rings. The Kier molecular flexibility index (Phi) is 3.82. The first-order valence-corrected chi connectivity index (χ1v) is 4.14. The Bertz CT molecular complexity index is 200. The zero-order valence-corrected chi connectivity index (χ0v) is 8.35. The van der Waals surface area contributed by atoms with Gasteiger partial charge in [-0.1, -0.05) is 26.7 Å². The number of hydrogen-bond donors (Lipinski definition) is 0. The number of amides is 1. The van der Waals surface area contributed by atoms with Gasteiger partial charge in [-0.2, -0.15) is 0 Å². The van der Waals surface area contributed by atoms with Gasteiger partial charge in [0.05, 0.1) is 6.54 Å². The fraction of sp³-hybridized carbons (Fsp3) is 0.700. The second kappa shape index (κ2) is 4.15. The normalized spacial score (nSPS) is 10.6. The van der Waals surface area contributed by atoms with E-state index in [-0.39, 0.29) is 11.3 Å². The first kappa shape index (κ1) is 11.0. The van der Waals surface area contributed by atoms with Gasteiger partial charge in [0.1, 0.15) is 0 Å². The molecule has 0 N–H and O–H groups in total. The number of hydrogen-bond acceptors (Lipinski definition) is 1. The van der Waals surface area contributed by atoms with E-state index < -0.39 is 0 Å². The molecule has 0 unspecified atom stereocenters. The fourth-order valence-corrected chi connectivity index (χ4v) is 0.877. The molecule has 2 nitrogen and oxygen atoms in total. The van der Waals surface area contributed by atoms with Crippen molar-refractivity contribution in [1.82, 2.24) is 4.90 Å². The maximum atomic E-state index is 11.6. The summed E-state index contributed by atoms with van der Waals surface area (Å²) < 4.78 is 0. The molecule has 12 heavy (non-hydrogen) atoms. The Morgan fingerprint density at radius 2 is 2.08 bits per heavy atom. The van der Waals surface area contributed by atoms with Crippen LogP contribution < -0.4 is 0 Å². The van der Waals surface area contributed by atoms with E-state index in [0.29, 0.717) is 6.54 Å². The van der Waals surface area contributed by atoms with E-state index in [1.54, 1.807) is 11.9 Å². The lowest BCUT2D eigenvalue weighted by Gasteiger charge is -2.26. The van der Waals surface area contributed by atoms with Crippen molar-refractivity contribution in [1.29, 1.82) is 0 Å². The van der Waals surface area contributed by atoms with Crippen molar-refractivity contribution in [2.24, 2.45) is 5.41 Å². The van der Waals surface area contributed by atoms with Gasteiger partial charge in [0, 0.05) is 12.5 Å². The molecule has 0 aliphatic heterocycles. The van der Waals surface area contributed by atoms with Gasteiger partial charge in [-0.25, -0.2) is 0 Å². The Morgan fingerprint density at radius 1 is 1.58 bits per heavy atom. The van der Waals surface area contributed by atoms with Crippen molar-refractivity contribution < 1.29 is 4.79 Å². The van der Waals surface area contributed by atoms with Gasteiger partial charge >= 0.3 is 0 Å². The largest absolute Gasteiger partial charge is 0.334 e. The highest BCUT2D eigenvalue weighted by Gasteiger charge is 2.27. The second-order valence-electron chi connectivity index (χ2n) is 3.60. The summed E-state index contributed by atoms with van der Waals surface area (Å²) in [6.07, 6.45) is 5.94. The third-order valence-electron chi connectivity index (χ3n) is 2.14. The van der Waals surface area contributed by atoms with Crippen LogP contribution in [0.3, 0.4) is 0 Å². The average Bonchev–Trinajstić information content (AvgIpc) is 2.03. The van der Waals surface area contributed by atoms with Crippen molar-refractivity contribution in [3.63, 3.8) is 0 Å². The fourth-order valence-electron chi connectivity index (χ4n) is 0.877. The summed E-state index contributed by atoms with van der Waals surface area (Å²) in [6, 6.07) is 0. The van der Waals surface area contributed by atoms with E-state index in [9.17, 15) is 4.79 Å². The van der Waals surface area contributed by atoms with E-state index in [2.05, 4.69) is 5.92 Å². The molecule has 0 saturated heterocycles. The minimum atomic E-state index is -0.286. The molecule has 0 aromatic heterocycles. The number of rotatable bonds is 3. The van der Waals surface area contributed by atoms with Crippen molar-refractivity contribution in [2.45, 2.75) is 27.2 Å². The molecule has 0 aromatic carbocycles. The highest BCUT2D eigenvalue weighted by atomic mass is 16.2. The standard InChI is InChI=1S/C10H17NO/c1-6-8-11(5)9(12)10(3,4)7-2/h1H,7-8H2,2-5H3. The molecule has 0 spiro atoms. The molecule has 0 saturated carbocycles. The Morgan fingerprint density at radius 3 is 2.42 bits per heavy atom. The number of terminal acetylenes is 1. The molecule has 2 heteroatoms. The summed E-state index contributed by atoms with van der Waals surface area (Å²) in [5.74, 6) is 2.56. The smallest absolute Gasteiger partial charge is 0.228 e. The van der Waals surface area contributed by atoms with Crippen LogP contribution >= 0.6 is 0 Å². The maximum Gasteiger partial charge on any atom is 0.228 e. The highest BCUT2D eigenvalue weighted by molar-refractivity contribution is 5.81. The van der Waals surface area contributed by atoms with Crippen LogP contribution in [-0.4, -0.2) is 24.4 Å². The third kappa shape index (κ3) is 2.58. The van der Waals surface area contributed by atoms with Crippen LogP contribution in [0.15, 0.2) is 0 Å². The summed E-state index contributed by atoms with van der Waals surface area (Å²) in [5, 5.41) is 0. The molecule has 0 bridgehead atoms. The summed E-state index contributed by atoms with van der Waals surface area (Å²) in [5.41, 5.74) is -0.286. The number of nitrogens with zero attached hydrogens (tertiary/aromatic N) is 1. The van der Waals surface area contributed by atoms with E-state index in [1.165, 1.54) is 0 Å². The minimum Gasteiger partial charge on any atom is -0.334 e. The van der Waals surface area contributed by atoms with E-state index in [0.717, 1.165) is 6.42 Å². The van der Waals surface area contributed by atoms with Gasteiger partial charge in [0.2, 0.25) is 5.91 Å². The Balaban J connectivity index is 4.30. The lowest BCUT2D eigenvalue weighted by Crippen LogP contribution is -2.38. The number of carbonyl (C=O) groups excluding carboxylic acids is 1. The topological polar surface area (TPSA) is 20.3 Å². The quantitative estimate of drug-likeness (QED) is 0.583. The van der Waals surface area contributed by atoms with Crippen molar-refractivity contribution in [3.8, 4) is 12.3 Å². The van der Waals surface area contributed by atoms with Crippen molar-refractivity contribution in [3.05, 3.63) is 0 Å². The monoisotopic (exact) mass is 167 g/mol. The van der Waals surface area contributed by atoms with Gasteiger partial charge in [-0.05, 0) is 6.42 Å². The van der Waals surface area contributed by atoms with Crippen molar-refractivity contribution >= 4 is 5.91 Å². The SMILES string of the molecule is C#CCN(C)C(=O)C(C)(C)CC. The van der Waals surface area contributed by atoms with Crippen LogP contribution in [0.25, 0.3) is 0 Å². The van der Waals surface area contributed by atoms with Gasteiger partial charge in [-0.15, -0.1) is 6.42 Å². The summed E-state index contributed by atoms with van der Waals surface area (Å²) in [4.78, 5) is 13.2. The van der Waals surface area contributed by atoms with Gasteiger partial charge in [0.25, 0.3) is 0 Å². The molecule has 1 amide bonds. The average molecular weight is 167 g/mol. The van der Waals surface area contributed by atoms with Gasteiger partial charge < -0.3 is 4.90 Å². The molecular formula is C10H17NO. The zero-order valence-electron chi connectivity index (χ0n) is 8.35. The summed E-state index contributed by atoms with van der Waals surface area (Å²) >= 11 is 0. The molecule has 0 heterocycles. The second-order valence-corrected chi connectivity index (χ2v) is 3.60. The molecule has 0 aromatic rings. The van der Waals surface area contributed by atoms with Crippen LogP contribution in [0.1, 0.15) is 27.2 Å². The molecular weight excluding hydrogens is 150 g/mol. The predicted octanol–water partition coefficient (Wildman–Crippen LogP) is 1.51. The first-order valence-electron chi connectivity index (χ1n) is 4.14. The molecule has 0 atom stereocenters.